The molecule has 15 nitrogen and oxygen atoms in total. The molecule has 0 atom stereocenters. The molecule has 37 heavy (non-hydrogen) atoms. The highest BCUT2D eigenvalue weighted by atomic mass is 16.4. The minimum Gasteiger partial charge on any atom is -0.480 e. The molecule has 0 aromatic rings. The van der Waals surface area contributed by atoms with Crippen LogP contribution in [0.5, 0.6) is 0 Å². The molecule has 0 fully saturated rings. The Morgan fingerprint density at radius 1 is 0.730 bits per heavy atom. The number of amides is 2. The van der Waals surface area contributed by atoms with Crippen LogP contribution in [0.4, 0.5) is 0 Å². The van der Waals surface area contributed by atoms with E-state index in [4.69, 9.17) is 20.4 Å². The number of carboxylic acids is 4. The Balaban J connectivity index is 2.72. The summed E-state index contributed by atoms with van der Waals surface area (Å²) >= 11 is 0. The monoisotopic (exact) mass is 527 g/mol. The Morgan fingerprint density at radius 3 is 1.54 bits per heavy atom. The van der Waals surface area contributed by atoms with Crippen LogP contribution in [0, 0.1) is 0 Å². The average Bonchev–Trinajstić information content (AvgIpc) is 3.08. The molecule has 0 radical (unpaired) electrons. The standard InChI is InChI=1S/C22H33N5O10/c1-16-3-4-18(29)27(16)6-2-5-23-17(28)11-24(7-9-25(12-19(30)31)13-20(32)33)8-10-26(14-21(34)35)15-22(36)37/h3-4H,1-2,5-15H2,(H,23,28)(H,30,31)(H,32,33)(H,34,35)(H,36,37). The van der Waals surface area contributed by atoms with Gasteiger partial charge in [-0.1, -0.05) is 6.58 Å². The number of nitrogens with zero attached hydrogens (tertiary/aromatic N) is 4. The molecule has 1 heterocycles. The lowest BCUT2D eigenvalue weighted by molar-refractivity contribution is -0.143. The van der Waals surface area contributed by atoms with Crippen molar-refractivity contribution in [3.63, 3.8) is 0 Å². The maximum atomic E-state index is 12.5. The largest absolute Gasteiger partial charge is 0.480 e. The fourth-order valence-electron chi connectivity index (χ4n) is 3.50. The van der Waals surface area contributed by atoms with Crippen molar-refractivity contribution in [2.24, 2.45) is 0 Å². The van der Waals surface area contributed by atoms with Crippen LogP contribution in [0.2, 0.25) is 0 Å². The van der Waals surface area contributed by atoms with E-state index in [1.54, 1.807) is 11.0 Å². The van der Waals surface area contributed by atoms with E-state index in [9.17, 15) is 28.8 Å². The van der Waals surface area contributed by atoms with Crippen molar-refractivity contribution in [3.8, 4) is 0 Å². The fraction of sp³-hybridized carbons (Fsp3) is 0.545. The molecule has 5 N–H and O–H groups in total. The van der Waals surface area contributed by atoms with Gasteiger partial charge in [0.05, 0.1) is 32.7 Å². The Bertz CT molecular complexity index is 816. The normalized spacial score (nSPS) is 13.1. The Hall–Kier alpha value is -3.82. The number of hydrogen-bond acceptors (Lipinski definition) is 9. The van der Waals surface area contributed by atoms with Gasteiger partial charge in [-0.25, -0.2) is 0 Å². The minimum atomic E-state index is -1.23. The van der Waals surface area contributed by atoms with E-state index < -0.39 is 56.0 Å². The number of carboxylic acid groups (broad SMARTS) is 4. The predicted molar refractivity (Wildman–Crippen MR) is 127 cm³/mol. The Morgan fingerprint density at radius 2 is 1.16 bits per heavy atom. The van der Waals surface area contributed by atoms with Gasteiger partial charge in [0.2, 0.25) is 5.91 Å². The molecule has 1 aliphatic rings. The number of hydrogen-bond donors (Lipinski definition) is 5. The van der Waals surface area contributed by atoms with Crippen LogP contribution in [-0.2, 0) is 28.8 Å². The van der Waals surface area contributed by atoms with Crippen LogP contribution in [0.15, 0.2) is 24.4 Å². The SMILES string of the molecule is C=C1C=CC(=O)N1CCCNC(=O)CN(CCN(CC(=O)O)CC(=O)O)CCN(CC(=O)O)CC(=O)O. The molecule has 0 spiro atoms. The van der Waals surface area contributed by atoms with Gasteiger partial charge < -0.3 is 30.6 Å². The van der Waals surface area contributed by atoms with Crippen molar-refractivity contribution in [2.45, 2.75) is 6.42 Å². The van der Waals surface area contributed by atoms with Gasteiger partial charge in [0.1, 0.15) is 0 Å². The maximum absolute atomic E-state index is 12.5. The molecule has 0 saturated carbocycles. The first kappa shape index (κ1) is 31.2. The fourth-order valence-corrected chi connectivity index (χ4v) is 3.50. The molecule has 2 amide bonds. The zero-order valence-corrected chi connectivity index (χ0v) is 20.4. The summed E-state index contributed by atoms with van der Waals surface area (Å²) in [5.41, 5.74) is 0.557. The smallest absolute Gasteiger partial charge is 0.317 e. The third-order valence-corrected chi connectivity index (χ3v) is 5.18. The van der Waals surface area contributed by atoms with Crippen LogP contribution < -0.4 is 5.32 Å². The van der Waals surface area contributed by atoms with Crippen LogP contribution in [-0.4, -0.2) is 148 Å². The quantitative estimate of drug-likeness (QED) is 0.105. The second-order valence-corrected chi connectivity index (χ2v) is 8.29. The van der Waals surface area contributed by atoms with Gasteiger partial charge >= 0.3 is 23.9 Å². The molecule has 0 aromatic heterocycles. The molecule has 206 valence electrons. The summed E-state index contributed by atoms with van der Waals surface area (Å²) in [5, 5.41) is 38.8. The van der Waals surface area contributed by atoms with E-state index in [-0.39, 0.29) is 45.2 Å². The van der Waals surface area contributed by atoms with E-state index in [0.717, 1.165) is 9.80 Å². The summed E-state index contributed by atoms with van der Waals surface area (Å²) in [5.74, 6) is -5.51. The van der Waals surface area contributed by atoms with Crippen molar-refractivity contribution in [2.75, 3.05) is 72.0 Å². The minimum absolute atomic E-state index is 0.0179. The molecule has 15 heteroatoms. The van der Waals surface area contributed by atoms with Gasteiger partial charge in [0.15, 0.2) is 0 Å². The van der Waals surface area contributed by atoms with E-state index in [1.807, 2.05) is 0 Å². The highest BCUT2D eigenvalue weighted by Crippen LogP contribution is 2.12. The summed E-state index contributed by atoms with van der Waals surface area (Å²) < 4.78 is 0. The third kappa shape index (κ3) is 13.7. The van der Waals surface area contributed by atoms with Gasteiger partial charge in [0, 0.05) is 51.0 Å². The highest BCUT2D eigenvalue weighted by molar-refractivity contribution is 5.93. The maximum Gasteiger partial charge on any atom is 0.317 e. The lowest BCUT2D eigenvalue weighted by Crippen LogP contribution is -2.47. The van der Waals surface area contributed by atoms with Crippen molar-refractivity contribution in [1.29, 1.82) is 0 Å². The first-order chi connectivity index (χ1) is 17.4. The number of carbonyl (C=O) groups excluding carboxylic acids is 2. The predicted octanol–water partition coefficient (Wildman–Crippen LogP) is -2.35. The van der Waals surface area contributed by atoms with Gasteiger partial charge in [0.25, 0.3) is 5.91 Å². The van der Waals surface area contributed by atoms with E-state index >= 15 is 0 Å². The lowest BCUT2D eigenvalue weighted by Gasteiger charge is -2.28. The van der Waals surface area contributed by atoms with Crippen molar-refractivity contribution in [1.82, 2.24) is 24.9 Å². The summed E-state index contributed by atoms with van der Waals surface area (Å²) in [6.07, 6.45) is 3.44. The zero-order valence-electron chi connectivity index (χ0n) is 20.4. The van der Waals surface area contributed by atoms with Gasteiger partial charge in [-0.3, -0.25) is 43.5 Å². The molecule has 0 aliphatic carbocycles. The average molecular weight is 528 g/mol. The molecule has 0 unspecified atom stereocenters. The zero-order chi connectivity index (χ0) is 28.0. The molecular formula is C22H33N5O10. The molecule has 0 aromatic carbocycles. The molecule has 1 aliphatic heterocycles. The van der Waals surface area contributed by atoms with E-state index in [0.29, 0.717) is 18.7 Å². The van der Waals surface area contributed by atoms with Gasteiger partial charge in [-0.15, -0.1) is 0 Å². The van der Waals surface area contributed by atoms with E-state index in [2.05, 4.69) is 11.9 Å². The summed E-state index contributed by atoms with van der Waals surface area (Å²) in [6.45, 7) is 2.12. The van der Waals surface area contributed by atoms with Crippen molar-refractivity contribution in [3.05, 3.63) is 24.4 Å². The second-order valence-electron chi connectivity index (χ2n) is 8.29. The molecule has 0 saturated heterocycles. The summed E-state index contributed by atoms with van der Waals surface area (Å²) in [7, 11) is 0. The summed E-state index contributed by atoms with van der Waals surface area (Å²) in [6, 6.07) is 0. The number of carbonyl (C=O) groups is 6. The number of allylic oxidation sites excluding steroid dienone is 1. The number of nitrogens with one attached hydrogen (secondary N) is 1. The van der Waals surface area contributed by atoms with E-state index in [1.165, 1.54) is 11.0 Å². The van der Waals surface area contributed by atoms with Crippen molar-refractivity contribution >= 4 is 35.7 Å². The van der Waals surface area contributed by atoms with Crippen LogP contribution in [0.3, 0.4) is 0 Å². The lowest BCUT2D eigenvalue weighted by atomic mass is 10.3. The van der Waals surface area contributed by atoms with Crippen LogP contribution in [0.25, 0.3) is 0 Å². The van der Waals surface area contributed by atoms with Crippen LogP contribution in [0.1, 0.15) is 6.42 Å². The highest BCUT2D eigenvalue weighted by Gasteiger charge is 2.20. The van der Waals surface area contributed by atoms with Gasteiger partial charge in [-0.05, 0) is 12.5 Å². The van der Waals surface area contributed by atoms with Gasteiger partial charge in [-0.2, -0.15) is 0 Å². The first-order valence-corrected chi connectivity index (χ1v) is 11.4. The Kier molecular flexibility index (Phi) is 13.5. The summed E-state index contributed by atoms with van der Waals surface area (Å²) in [4.78, 5) is 73.8. The van der Waals surface area contributed by atoms with Crippen LogP contribution >= 0.6 is 0 Å². The number of rotatable bonds is 20. The molecule has 0 bridgehead atoms. The molecular weight excluding hydrogens is 494 g/mol. The topological polar surface area (TPSA) is 208 Å². The first-order valence-electron chi connectivity index (χ1n) is 11.4. The number of aliphatic carboxylic acids is 4. The Labute approximate surface area is 213 Å². The molecule has 1 rings (SSSR count). The van der Waals surface area contributed by atoms with Crippen molar-refractivity contribution < 1.29 is 49.2 Å². The third-order valence-electron chi connectivity index (χ3n) is 5.18. The second kappa shape index (κ2) is 16.0.